The Morgan fingerprint density at radius 2 is 2.45 bits per heavy atom. The number of urea groups is 1. The average molecular weight is 323 g/mol. The number of rotatable bonds is 6. The first kappa shape index (κ1) is 15.5. The molecule has 2 aliphatic rings. The van der Waals surface area contributed by atoms with Crippen molar-refractivity contribution in [3.05, 3.63) is 22.4 Å². The van der Waals surface area contributed by atoms with E-state index in [9.17, 15) is 9.59 Å². The SMILES string of the molecule is O=C(CN(Cc1cccs1)CC1CCCO1)N1CCNC1=O. The summed E-state index contributed by atoms with van der Waals surface area (Å²) in [5.41, 5.74) is 0. The summed E-state index contributed by atoms with van der Waals surface area (Å²) in [6, 6.07) is 3.80. The van der Waals surface area contributed by atoms with Crippen LogP contribution in [0.1, 0.15) is 17.7 Å². The first-order valence-electron chi connectivity index (χ1n) is 7.67. The molecule has 0 spiro atoms. The third-order valence-corrected chi connectivity index (χ3v) is 4.82. The molecule has 0 saturated carbocycles. The monoisotopic (exact) mass is 323 g/mol. The average Bonchev–Trinajstić information content (AvgIpc) is 3.21. The third-order valence-electron chi connectivity index (χ3n) is 3.96. The number of nitrogens with zero attached hydrogens (tertiary/aromatic N) is 2. The van der Waals surface area contributed by atoms with Crippen LogP contribution in [0.4, 0.5) is 4.79 Å². The van der Waals surface area contributed by atoms with Crippen LogP contribution < -0.4 is 5.32 Å². The molecule has 1 unspecified atom stereocenters. The maximum absolute atomic E-state index is 12.4. The molecule has 6 nitrogen and oxygen atoms in total. The number of ether oxygens (including phenoxy) is 1. The first-order valence-corrected chi connectivity index (χ1v) is 8.55. The summed E-state index contributed by atoms with van der Waals surface area (Å²) in [5, 5.41) is 4.70. The quantitative estimate of drug-likeness (QED) is 0.857. The summed E-state index contributed by atoms with van der Waals surface area (Å²) >= 11 is 1.68. The molecule has 0 aliphatic carbocycles. The lowest BCUT2D eigenvalue weighted by molar-refractivity contribution is -0.129. The number of nitrogens with one attached hydrogen (secondary N) is 1. The van der Waals surface area contributed by atoms with Crippen LogP contribution in [-0.2, 0) is 16.1 Å². The number of thiophene rings is 1. The summed E-state index contributed by atoms with van der Waals surface area (Å²) < 4.78 is 5.69. The Labute approximate surface area is 134 Å². The smallest absolute Gasteiger partial charge is 0.324 e. The highest BCUT2D eigenvalue weighted by atomic mass is 32.1. The van der Waals surface area contributed by atoms with E-state index in [0.29, 0.717) is 13.1 Å². The molecule has 2 fully saturated rings. The van der Waals surface area contributed by atoms with Gasteiger partial charge in [-0.2, -0.15) is 0 Å². The van der Waals surface area contributed by atoms with E-state index in [1.807, 2.05) is 11.4 Å². The van der Waals surface area contributed by atoms with Gasteiger partial charge in [0.05, 0.1) is 12.6 Å². The molecule has 3 heterocycles. The molecular weight excluding hydrogens is 302 g/mol. The topological polar surface area (TPSA) is 61.9 Å². The molecule has 1 N–H and O–H groups in total. The Kier molecular flexibility index (Phi) is 5.07. The molecule has 0 bridgehead atoms. The van der Waals surface area contributed by atoms with Gasteiger partial charge >= 0.3 is 6.03 Å². The summed E-state index contributed by atoms with van der Waals surface area (Å²) in [4.78, 5) is 28.6. The van der Waals surface area contributed by atoms with Gasteiger partial charge in [-0.15, -0.1) is 11.3 Å². The van der Waals surface area contributed by atoms with Crippen LogP contribution in [0.15, 0.2) is 17.5 Å². The van der Waals surface area contributed by atoms with E-state index in [1.165, 1.54) is 9.78 Å². The Morgan fingerprint density at radius 1 is 1.55 bits per heavy atom. The van der Waals surface area contributed by atoms with Crippen LogP contribution in [0.25, 0.3) is 0 Å². The van der Waals surface area contributed by atoms with Crippen LogP contribution >= 0.6 is 11.3 Å². The lowest BCUT2D eigenvalue weighted by Gasteiger charge is -2.25. The second-order valence-electron chi connectivity index (χ2n) is 5.66. The summed E-state index contributed by atoms with van der Waals surface area (Å²) in [6.45, 7) is 3.52. The van der Waals surface area contributed by atoms with Gasteiger partial charge in [-0.1, -0.05) is 6.07 Å². The van der Waals surface area contributed by atoms with Crippen molar-refractivity contribution in [3.63, 3.8) is 0 Å². The van der Waals surface area contributed by atoms with E-state index in [1.54, 1.807) is 11.3 Å². The predicted molar refractivity (Wildman–Crippen MR) is 83.7 cm³/mol. The number of hydrogen-bond acceptors (Lipinski definition) is 5. The maximum Gasteiger partial charge on any atom is 0.324 e. The lowest BCUT2D eigenvalue weighted by Crippen LogP contribution is -2.43. The molecule has 120 valence electrons. The van der Waals surface area contributed by atoms with Gasteiger partial charge < -0.3 is 10.1 Å². The standard InChI is InChI=1S/C15H21N3O3S/c19-14(18-6-5-16-15(18)20)11-17(9-12-3-1-7-21-12)10-13-4-2-8-22-13/h2,4,8,12H,1,3,5-7,9-11H2,(H,16,20). The molecule has 0 radical (unpaired) electrons. The van der Waals surface area contributed by atoms with Crippen molar-refractivity contribution in [2.75, 3.05) is 32.8 Å². The zero-order valence-electron chi connectivity index (χ0n) is 12.5. The minimum Gasteiger partial charge on any atom is -0.377 e. The van der Waals surface area contributed by atoms with Crippen LogP contribution in [0.2, 0.25) is 0 Å². The molecule has 1 atom stereocenters. The van der Waals surface area contributed by atoms with Crippen molar-refractivity contribution < 1.29 is 14.3 Å². The van der Waals surface area contributed by atoms with Crippen LogP contribution in [0, 0.1) is 0 Å². The van der Waals surface area contributed by atoms with Gasteiger partial charge in [0, 0.05) is 37.7 Å². The largest absolute Gasteiger partial charge is 0.377 e. The fraction of sp³-hybridized carbons (Fsp3) is 0.600. The van der Waals surface area contributed by atoms with Gasteiger partial charge in [-0.3, -0.25) is 14.6 Å². The van der Waals surface area contributed by atoms with Crippen LogP contribution in [0.5, 0.6) is 0 Å². The molecule has 7 heteroatoms. The first-order chi connectivity index (χ1) is 10.7. The normalized spacial score (nSPS) is 21.6. The molecule has 1 aromatic rings. The fourth-order valence-corrected chi connectivity index (χ4v) is 3.62. The van der Waals surface area contributed by atoms with Gasteiger partial charge in [0.15, 0.2) is 0 Å². The van der Waals surface area contributed by atoms with Crippen LogP contribution in [-0.4, -0.2) is 60.6 Å². The summed E-state index contributed by atoms with van der Waals surface area (Å²) in [5.74, 6) is -0.135. The van der Waals surface area contributed by atoms with E-state index >= 15 is 0 Å². The third kappa shape index (κ3) is 3.85. The van der Waals surface area contributed by atoms with Gasteiger partial charge in [-0.05, 0) is 24.3 Å². The highest BCUT2D eigenvalue weighted by molar-refractivity contribution is 7.09. The molecule has 3 rings (SSSR count). The second-order valence-corrected chi connectivity index (χ2v) is 6.69. The Bertz CT molecular complexity index is 514. The molecular formula is C15H21N3O3S. The van der Waals surface area contributed by atoms with Crippen molar-refractivity contribution in [2.45, 2.75) is 25.5 Å². The van der Waals surface area contributed by atoms with Crippen molar-refractivity contribution in [3.8, 4) is 0 Å². The highest BCUT2D eigenvalue weighted by Crippen LogP contribution is 2.17. The number of carbonyl (C=O) groups excluding carboxylic acids is 2. The molecule has 0 aromatic carbocycles. The number of hydrogen-bond donors (Lipinski definition) is 1. The van der Waals surface area contributed by atoms with Crippen molar-refractivity contribution in [2.24, 2.45) is 0 Å². The van der Waals surface area contributed by atoms with Gasteiger partial charge in [0.1, 0.15) is 0 Å². The zero-order chi connectivity index (χ0) is 15.4. The van der Waals surface area contributed by atoms with Gasteiger partial charge in [0.25, 0.3) is 0 Å². The summed E-state index contributed by atoms with van der Waals surface area (Å²) in [7, 11) is 0. The predicted octanol–water partition coefficient (Wildman–Crippen LogP) is 1.28. The highest BCUT2D eigenvalue weighted by Gasteiger charge is 2.28. The number of amides is 3. The lowest BCUT2D eigenvalue weighted by atomic mass is 10.2. The Balaban J connectivity index is 1.61. The maximum atomic E-state index is 12.4. The molecule has 2 aliphatic heterocycles. The molecule has 22 heavy (non-hydrogen) atoms. The summed E-state index contributed by atoms with van der Waals surface area (Å²) in [6.07, 6.45) is 2.32. The number of carbonyl (C=O) groups is 2. The Morgan fingerprint density at radius 3 is 3.09 bits per heavy atom. The second kappa shape index (κ2) is 7.21. The molecule has 3 amide bonds. The molecule has 1 aromatic heterocycles. The van der Waals surface area contributed by atoms with E-state index < -0.39 is 0 Å². The molecule has 2 saturated heterocycles. The van der Waals surface area contributed by atoms with Crippen LogP contribution in [0.3, 0.4) is 0 Å². The van der Waals surface area contributed by atoms with Crippen molar-refractivity contribution >= 4 is 23.3 Å². The van der Waals surface area contributed by atoms with E-state index in [2.05, 4.69) is 16.3 Å². The number of imide groups is 1. The van der Waals surface area contributed by atoms with E-state index in [0.717, 1.165) is 32.5 Å². The van der Waals surface area contributed by atoms with Gasteiger partial charge in [-0.25, -0.2) is 4.79 Å². The minimum atomic E-state index is -0.279. The Hall–Kier alpha value is -1.44. The van der Waals surface area contributed by atoms with Crippen molar-refractivity contribution in [1.82, 2.24) is 15.1 Å². The fourth-order valence-electron chi connectivity index (χ4n) is 2.87. The minimum absolute atomic E-state index is 0.135. The zero-order valence-corrected chi connectivity index (χ0v) is 13.3. The van der Waals surface area contributed by atoms with Crippen molar-refractivity contribution in [1.29, 1.82) is 0 Å². The van der Waals surface area contributed by atoms with Gasteiger partial charge in [0.2, 0.25) is 5.91 Å². The van der Waals surface area contributed by atoms with E-state index in [-0.39, 0.29) is 24.6 Å². The van der Waals surface area contributed by atoms with E-state index in [4.69, 9.17) is 4.74 Å².